The van der Waals surface area contributed by atoms with Crippen molar-refractivity contribution in [1.29, 1.82) is 0 Å². The van der Waals surface area contributed by atoms with Gasteiger partial charge in [0, 0.05) is 37.0 Å². The van der Waals surface area contributed by atoms with E-state index in [0.717, 1.165) is 22.1 Å². The first-order chi connectivity index (χ1) is 12.0. The van der Waals surface area contributed by atoms with Gasteiger partial charge in [-0.25, -0.2) is 4.98 Å². The molecule has 0 saturated carbocycles. The van der Waals surface area contributed by atoms with E-state index in [0.29, 0.717) is 11.5 Å². The van der Waals surface area contributed by atoms with Gasteiger partial charge in [-0.2, -0.15) is 4.52 Å². The average molecular weight is 376 g/mol. The molecule has 0 aliphatic carbocycles. The molecule has 3 aromatic rings. The molecule has 0 fully saturated rings. The number of rotatable bonds is 6. The van der Waals surface area contributed by atoms with Crippen LogP contribution in [0.15, 0.2) is 33.5 Å². The molecule has 0 radical (unpaired) electrons. The number of nitrogens with zero attached hydrogens (tertiary/aromatic N) is 5. The summed E-state index contributed by atoms with van der Waals surface area (Å²) in [6.45, 7) is 4.86. The Bertz CT molecular complexity index is 936. The van der Waals surface area contributed by atoms with E-state index in [2.05, 4.69) is 39.9 Å². The van der Waals surface area contributed by atoms with Crippen molar-refractivity contribution in [1.82, 2.24) is 24.5 Å². The minimum atomic E-state index is -0.127. The van der Waals surface area contributed by atoms with E-state index in [1.54, 1.807) is 6.07 Å². The summed E-state index contributed by atoms with van der Waals surface area (Å²) >= 11 is 2.96. The number of hydrogen-bond acceptors (Lipinski definition) is 7. The third kappa shape index (κ3) is 4.08. The van der Waals surface area contributed by atoms with Crippen molar-refractivity contribution in [2.45, 2.75) is 37.2 Å². The first-order valence-electron chi connectivity index (χ1n) is 8.02. The molecule has 0 spiro atoms. The summed E-state index contributed by atoms with van der Waals surface area (Å²) < 4.78 is 2.22. The summed E-state index contributed by atoms with van der Waals surface area (Å²) in [5.74, 6) is 0. The predicted molar refractivity (Wildman–Crippen MR) is 103 cm³/mol. The maximum absolute atomic E-state index is 12.2. The lowest BCUT2D eigenvalue weighted by atomic mass is 10.1. The number of aromatic nitrogens is 4. The molecule has 3 aromatic heterocycles. The second-order valence-electron chi connectivity index (χ2n) is 6.09. The van der Waals surface area contributed by atoms with Crippen LogP contribution in [-0.2, 0) is 13.0 Å². The highest BCUT2D eigenvalue weighted by molar-refractivity contribution is 8.00. The molecular formula is C17H21N5OS2. The fraction of sp³-hybridized carbons (Fsp3) is 0.412. The number of hydrogen-bond donors (Lipinski definition) is 0. The first-order valence-corrected chi connectivity index (χ1v) is 10.1. The maximum Gasteiger partial charge on any atom is 0.275 e. The smallest absolute Gasteiger partial charge is 0.275 e. The quantitative estimate of drug-likeness (QED) is 0.617. The van der Waals surface area contributed by atoms with Gasteiger partial charge in [-0.1, -0.05) is 29.2 Å². The summed E-state index contributed by atoms with van der Waals surface area (Å²) in [4.78, 5) is 24.2. The van der Waals surface area contributed by atoms with E-state index >= 15 is 0 Å². The highest BCUT2D eigenvalue weighted by atomic mass is 32.2. The third-order valence-electron chi connectivity index (χ3n) is 4.22. The van der Waals surface area contributed by atoms with Gasteiger partial charge in [-0.15, -0.1) is 5.10 Å². The second kappa shape index (κ2) is 7.63. The summed E-state index contributed by atoms with van der Waals surface area (Å²) in [7, 11) is 2.05. The van der Waals surface area contributed by atoms with E-state index in [9.17, 15) is 4.79 Å². The van der Waals surface area contributed by atoms with Gasteiger partial charge in [0.05, 0.1) is 5.69 Å². The van der Waals surface area contributed by atoms with Crippen LogP contribution < -0.4 is 5.56 Å². The van der Waals surface area contributed by atoms with Crippen molar-refractivity contribution in [3.05, 3.63) is 51.7 Å². The highest BCUT2D eigenvalue weighted by Gasteiger charge is 2.15. The van der Waals surface area contributed by atoms with Crippen molar-refractivity contribution < 1.29 is 0 Å². The molecule has 0 unspecified atom stereocenters. The van der Waals surface area contributed by atoms with Crippen molar-refractivity contribution in [3.63, 3.8) is 0 Å². The monoisotopic (exact) mass is 375 g/mol. The minimum absolute atomic E-state index is 0.127. The molecule has 25 heavy (non-hydrogen) atoms. The van der Waals surface area contributed by atoms with Gasteiger partial charge < -0.3 is 0 Å². The molecule has 0 N–H and O–H groups in total. The van der Waals surface area contributed by atoms with E-state index in [4.69, 9.17) is 0 Å². The fourth-order valence-electron chi connectivity index (χ4n) is 2.58. The van der Waals surface area contributed by atoms with Crippen molar-refractivity contribution >= 4 is 28.1 Å². The number of aryl methyl sites for hydroxylation is 1. The zero-order chi connectivity index (χ0) is 18.0. The molecule has 3 heterocycles. The van der Waals surface area contributed by atoms with Gasteiger partial charge in [0.15, 0.2) is 4.34 Å². The maximum atomic E-state index is 12.2. The van der Waals surface area contributed by atoms with Gasteiger partial charge in [0.1, 0.15) is 0 Å². The molecule has 0 bridgehead atoms. The lowest BCUT2D eigenvalue weighted by Gasteiger charge is -2.24. The molecular weight excluding hydrogens is 354 g/mol. The molecule has 0 amide bonds. The number of pyridine rings is 1. The normalized spacial score (nSPS) is 12.8. The van der Waals surface area contributed by atoms with E-state index < -0.39 is 0 Å². The first kappa shape index (κ1) is 18.0. The van der Waals surface area contributed by atoms with Gasteiger partial charge in [-0.3, -0.25) is 14.7 Å². The largest absolute Gasteiger partial charge is 0.297 e. The predicted octanol–water partition coefficient (Wildman–Crippen LogP) is 2.64. The SMILES string of the molecule is CSc1nn2c(=O)cc(CN(C)[C@@H](C)Cc3ncccc3C)nc2s1. The van der Waals surface area contributed by atoms with Gasteiger partial charge >= 0.3 is 0 Å². The Morgan fingerprint density at radius 1 is 1.44 bits per heavy atom. The van der Waals surface area contributed by atoms with Crippen LogP contribution in [-0.4, -0.2) is 43.8 Å². The summed E-state index contributed by atoms with van der Waals surface area (Å²) in [5.41, 5.74) is 2.96. The van der Waals surface area contributed by atoms with Crippen LogP contribution in [0.1, 0.15) is 23.9 Å². The van der Waals surface area contributed by atoms with Crippen LogP contribution in [0.4, 0.5) is 0 Å². The lowest BCUT2D eigenvalue weighted by Crippen LogP contribution is -2.32. The standard InChI is InChI=1S/C17H21N5OS2/c1-11-6-5-7-18-14(11)8-12(2)21(3)10-13-9-15(23)22-16(19-13)25-17(20-22)24-4/h5-7,9,12H,8,10H2,1-4H3/t12-/m0/s1. The number of fused-ring (bicyclic) bond motifs is 1. The van der Waals surface area contributed by atoms with Crippen molar-refractivity contribution in [3.8, 4) is 0 Å². The molecule has 0 aliphatic heterocycles. The van der Waals surface area contributed by atoms with Crippen LogP contribution in [0.5, 0.6) is 0 Å². The molecule has 132 valence electrons. The van der Waals surface area contributed by atoms with Gasteiger partial charge in [-0.05, 0) is 38.8 Å². The molecule has 0 aromatic carbocycles. The molecule has 6 nitrogen and oxygen atoms in total. The van der Waals surface area contributed by atoms with Crippen LogP contribution in [0, 0.1) is 6.92 Å². The topological polar surface area (TPSA) is 63.4 Å². The molecule has 0 aliphatic rings. The van der Waals surface area contributed by atoms with Gasteiger partial charge in [0.25, 0.3) is 5.56 Å². The zero-order valence-corrected chi connectivity index (χ0v) is 16.4. The Balaban J connectivity index is 1.76. The Labute approximate surface area is 154 Å². The van der Waals surface area contributed by atoms with E-state index in [-0.39, 0.29) is 11.6 Å². The molecule has 8 heteroatoms. The van der Waals surface area contributed by atoms with Crippen LogP contribution >= 0.6 is 23.1 Å². The van der Waals surface area contributed by atoms with Gasteiger partial charge in [0.2, 0.25) is 4.96 Å². The molecule has 0 saturated heterocycles. The van der Waals surface area contributed by atoms with Crippen LogP contribution in [0.3, 0.4) is 0 Å². The van der Waals surface area contributed by atoms with E-state index in [1.165, 1.54) is 33.2 Å². The third-order valence-corrected chi connectivity index (χ3v) is 6.11. The minimum Gasteiger partial charge on any atom is -0.297 e. The zero-order valence-electron chi connectivity index (χ0n) is 14.8. The van der Waals surface area contributed by atoms with Crippen LogP contribution in [0.2, 0.25) is 0 Å². The van der Waals surface area contributed by atoms with Crippen molar-refractivity contribution in [2.75, 3.05) is 13.3 Å². The van der Waals surface area contributed by atoms with Crippen molar-refractivity contribution in [2.24, 2.45) is 0 Å². The molecule has 3 rings (SSSR count). The summed E-state index contributed by atoms with van der Waals surface area (Å²) in [6.07, 6.45) is 4.64. The van der Waals surface area contributed by atoms with E-state index in [1.807, 2.05) is 25.6 Å². The Hall–Kier alpha value is -1.77. The Morgan fingerprint density at radius 3 is 2.96 bits per heavy atom. The Kier molecular flexibility index (Phi) is 5.51. The Morgan fingerprint density at radius 2 is 2.24 bits per heavy atom. The molecule has 1 atom stereocenters. The lowest BCUT2D eigenvalue weighted by molar-refractivity contribution is 0.244. The average Bonchev–Trinajstić information content (AvgIpc) is 3.00. The fourth-order valence-corrected chi connectivity index (χ4v) is 3.96. The summed E-state index contributed by atoms with van der Waals surface area (Å²) in [5, 5.41) is 4.25. The highest BCUT2D eigenvalue weighted by Crippen LogP contribution is 2.20. The number of likely N-dealkylation sites (N-methyl/N-ethyl adjacent to an activating group) is 1. The van der Waals surface area contributed by atoms with Crippen LogP contribution in [0.25, 0.3) is 4.96 Å². The summed E-state index contributed by atoms with van der Waals surface area (Å²) in [6, 6.07) is 5.90. The second-order valence-corrected chi connectivity index (χ2v) is 8.10. The number of thioether (sulfide) groups is 1.